The Morgan fingerprint density at radius 3 is 1.30 bits per heavy atom. The Kier molecular flexibility index (Phi) is 55.5. The molecule has 11 heteroatoms. The van der Waals surface area contributed by atoms with Crippen LogP contribution in [-0.2, 0) is 23.8 Å². The average Bonchev–Trinajstić information content (AvgIpc) is 3.67. The lowest BCUT2D eigenvalue weighted by Crippen LogP contribution is -2.61. The lowest BCUT2D eigenvalue weighted by molar-refractivity contribution is -0.305. The molecule has 0 spiro atoms. The summed E-state index contributed by atoms with van der Waals surface area (Å²) in [5, 5.41) is 57.2. The minimum atomic E-state index is -1.62. The van der Waals surface area contributed by atoms with Gasteiger partial charge in [-0.05, 0) is 77.0 Å². The number of esters is 1. The van der Waals surface area contributed by atoms with Crippen molar-refractivity contribution < 1.29 is 49.3 Å². The van der Waals surface area contributed by atoms with Crippen molar-refractivity contribution in [2.24, 2.45) is 0 Å². The number of hydrogen-bond acceptors (Lipinski definition) is 10. The van der Waals surface area contributed by atoms with Gasteiger partial charge < -0.3 is 45.1 Å². The highest BCUT2D eigenvalue weighted by molar-refractivity contribution is 5.80. The molecule has 480 valence electrons. The fourth-order valence-electron chi connectivity index (χ4n) is 10.4. The molecule has 0 bridgehead atoms. The first-order valence-corrected chi connectivity index (χ1v) is 34.4. The SMILES string of the molecule is CC/C=C\C/C=C\C/C=C\C/C=C\C/C=C\C/C=C\CCCCCCCC(O)C(=O)NC(COC1OC(CO)C(O)C(O)C1OC(=O)CCCCCCCCCCCCCCCCCCC)C(O)/C=C/CCCCCCCCCCCCC. The molecule has 0 aromatic carbocycles. The third-order valence-electron chi connectivity index (χ3n) is 15.8. The molecule has 8 atom stereocenters. The van der Waals surface area contributed by atoms with Gasteiger partial charge in [0.2, 0.25) is 5.91 Å². The summed E-state index contributed by atoms with van der Waals surface area (Å²) in [7, 11) is 0. The standard InChI is InChI=1S/C72H127NO10/c1-4-7-10-13-16-19-22-25-27-29-30-31-32-33-34-35-37-38-41-44-47-50-53-56-59-65(76)71(80)73-63(64(75)58-55-52-49-46-43-40-24-21-18-15-12-9-6-3)62-81-72-70(69(79)68(78)66(61-74)82-72)83-67(77)60-57-54-51-48-45-42-39-36-28-26-23-20-17-14-11-8-5-2/h7,10,16,19,25,27,30-31,33-34,37-38,55,58,63-66,68-70,72,74-76,78-79H,4-6,8-9,11-15,17-18,20-24,26,28-29,32,35-36,39-54,56-57,59-62H2,1-3H3,(H,73,80)/b10-7-,19-16-,27-25-,31-30-,34-33-,38-37-,58-55+. The van der Waals surface area contributed by atoms with Crippen molar-refractivity contribution in [3.63, 3.8) is 0 Å². The van der Waals surface area contributed by atoms with Crippen LogP contribution in [0.2, 0.25) is 0 Å². The lowest BCUT2D eigenvalue weighted by atomic mass is 9.99. The Labute approximate surface area is 508 Å². The summed E-state index contributed by atoms with van der Waals surface area (Å²) in [5.41, 5.74) is 0. The van der Waals surface area contributed by atoms with Crippen LogP contribution in [0, 0.1) is 0 Å². The molecular formula is C72H127NO10. The zero-order valence-corrected chi connectivity index (χ0v) is 53.3. The summed E-state index contributed by atoms with van der Waals surface area (Å²) in [5.74, 6) is -1.20. The number of nitrogens with one attached hydrogen (secondary N) is 1. The van der Waals surface area contributed by atoms with E-state index in [-0.39, 0.29) is 19.4 Å². The largest absolute Gasteiger partial charge is 0.454 e. The number of aliphatic hydroxyl groups excluding tert-OH is 5. The number of allylic oxidation sites excluding steroid dienone is 13. The molecule has 1 saturated heterocycles. The number of unbranched alkanes of at least 4 members (excludes halogenated alkanes) is 32. The van der Waals surface area contributed by atoms with Crippen molar-refractivity contribution in [3.8, 4) is 0 Å². The van der Waals surface area contributed by atoms with Crippen molar-refractivity contribution in [1.29, 1.82) is 0 Å². The molecule has 8 unspecified atom stereocenters. The van der Waals surface area contributed by atoms with Crippen molar-refractivity contribution >= 4 is 11.9 Å². The van der Waals surface area contributed by atoms with Crippen molar-refractivity contribution in [3.05, 3.63) is 85.1 Å². The minimum Gasteiger partial charge on any atom is -0.454 e. The maximum atomic E-state index is 13.5. The first-order chi connectivity index (χ1) is 40.7. The van der Waals surface area contributed by atoms with Gasteiger partial charge in [0.1, 0.15) is 24.4 Å². The van der Waals surface area contributed by atoms with Gasteiger partial charge in [-0.1, -0.05) is 298 Å². The highest BCUT2D eigenvalue weighted by atomic mass is 16.7. The van der Waals surface area contributed by atoms with Gasteiger partial charge in [-0.2, -0.15) is 0 Å². The van der Waals surface area contributed by atoms with Gasteiger partial charge in [-0.3, -0.25) is 9.59 Å². The van der Waals surface area contributed by atoms with Gasteiger partial charge in [0.15, 0.2) is 12.4 Å². The molecule has 1 aliphatic rings. The molecule has 0 aliphatic carbocycles. The lowest BCUT2D eigenvalue weighted by Gasteiger charge is -2.41. The fourth-order valence-corrected chi connectivity index (χ4v) is 10.4. The Morgan fingerprint density at radius 1 is 0.482 bits per heavy atom. The summed E-state index contributed by atoms with van der Waals surface area (Å²) in [6, 6.07) is -1.04. The van der Waals surface area contributed by atoms with E-state index in [0.717, 1.165) is 109 Å². The molecule has 1 aliphatic heterocycles. The first kappa shape index (κ1) is 77.9. The molecule has 0 radical (unpaired) electrons. The molecule has 0 aromatic heterocycles. The molecule has 6 N–H and O–H groups in total. The van der Waals surface area contributed by atoms with E-state index in [1.807, 2.05) is 6.08 Å². The second-order valence-electron chi connectivity index (χ2n) is 23.5. The van der Waals surface area contributed by atoms with Crippen molar-refractivity contribution in [2.75, 3.05) is 13.2 Å². The molecule has 0 aromatic rings. The van der Waals surface area contributed by atoms with Gasteiger partial charge in [-0.15, -0.1) is 0 Å². The molecule has 1 rings (SSSR count). The monoisotopic (exact) mass is 1170 g/mol. The Balaban J connectivity index is 2.64. The second-order valence-corrected chi connectivity index (χ2v) is 23.5. The van der Waals surface area contributed by atoms with Gasteiger partial charge in [0.25, 0.3) is 0 Å². The van der Waals surface area contributed by atoms with Crippen molar-refractivity contribution in [2.45, 2.75) is 346 Å². The highest BCUT2D eigenvalue weighted by Gasteiger charge is 2.47. The predicted molar refractivity (Wildman–Crippen MR) is 347 cm³/mol. The van der Waals surface area contributed by atoms with E-state index >= 15 is 0 Å². The van der Waals surface area contributed by atoms with Gasteiger partial charge in [0, 0.05) is 6.42 Å². The third-order valence-corrected chi connectivity index (χ3v) is 15.8. The van der Waals surface area contributed by atoms with E-state index < -0.39 is 67.4 Å². The number of carbonyl (C=O) groups is 2. The quantitative estimate of drug-likeness (QED) is 0.0195. The van der Waals surface area contributed by atoms with Crippen LogP contribution in [0.5, 0.6) is 0 Å². The van der Waals surface area contributed by atoms with Crippen LogP contribution >= 0.6 is 0 Å². The van der Waals surface area contributed by atoms with E-state index in [1.165, 1.54) is 141 Å². The molecule has 1 amide bonds. The Hall–Kier alpha value is -3.16. The summed E-state index contributed by atoms with van der Waals surface area (Å²) >= 11 is 0. The predicted octanol–water partition coefficient (Wildman–Crippen LogP) is 17.3. The summed E-state index contributed by atoms with van der Waals surface area (Å²) in [6.07, 6.45) is 67.5. The average molecular weight is 1170 g/mol. The first-order valence-electron chi connectivity index (χ1n) is 34.4. The highest BCUT2D eigenvalue weighted by Crippen LogP contribution is 2.26. The fraction of sp³-hybridized carbons (Fsp3) is 0.778. The number of amides is 1. The Morgan fingerprint density at radius 2 is 0.867 bits per heavy atom. The van der Waals surface area contributed by atoms with Crippen LogP contribution in [0.1, 0.15) is 297 Å². The van der Waals surface area contributed by atoms with E-state index in [0.29, 0.717) is 12.8 Å². The summed E-state index contributed by atoms with van der Waals surface area (Å²) < 4.78 is 17.7. The summed E-state index contributed by atoms with van der Waals surface area (Å²) in [6.45, 7) is 5.70. The van der Waals surface area contributed by atoms with Gasteiger partial charge in [-0.25, -0.2) is 0 Å². The van der Waals surface area contributed by atoms with Crippen LogP contribution in [0.15, 0.2) is 85.1 Å². The number of carbonyl (C=O) groups excluding carboxylic acids is 2. The number of rotatable bonds is 58. The second kappa shape index (κ2) is 59.2. The number of aliphatic hydroxyl groups is 5. The Bertz CT molecular complexity index is 1670. The van der Waals surface area contributed by atoms with Crippen LogP contribution in [0.3, 0.4) is 0 Å². The zero-order chi connectivity index (χ0) is 60.3. The third kappa shape index (κ3) is 46.7. The molecule has 11 nitrogen and oxygen atoms in total. The number of ether oxygens (including phenoxy) is 3. The molecule has 83 heavy (non-hydrogen) atoms. The van der Waals surface area contributed by atoms with Gasteiger partial charge in [0.05, 0.1) is 25.4 Å². The van der Waals surface area contributed by atoms with Crippen LogP contribution in [-0.4, -0.2) is 99.6 Å². The van der Waals surface area contributed by atoms with Crippen LogP contribution < -0.4 is 5.32 Å². The number of hydrogen-bond donors (Lipinski definition) is 6. The maximum absolute atomic E-state index is 13.5. The van der Waals surface area contributed by atoms with E-state index in [1.54, 1.807) is 6.08 Å². The van der Waals surface area contributed by atoms with Gasteiger partial charge >= 0.3 is 5.97 Å². The van der Waals surface area contributed by atoms with E-state index in [4.69, 9.17) is 14.2 Å². The molecule has 1 heterocycles. The normalized spacial score (nSPS) is 19.1. The maximum Gasteiger partial charge on any atom is 0.306 e. The molecule has 1 fully saturated rings. The molecule has 0 saturated carbocycles. The smallest absolute Gasteiger partial charge is 0.306 e. The van der Waals surface area contributed by atoms with E-state index in [9.17, 15) is 35.1 Å². The van der Waals surface area contributed by atoms with Crippen LogP contribution in [0.25, 0.3) is 0 Å². The van der Waals surface area contributed by atoms with E-state index in [2.05, 4.69) is 99.0 Å². The van der Waals surface area contributed by atoms with Crippen LogP contribution in [0.4, 0.5) is 0 Å². The minimum absolute atomic E-state index is 0.123. The molecular weight excluding hydrogens is 1040 g/mol. The summed E-state index contributed by atoms with van der Waals surface area (Å²) in [4.78, 5) is 26.6. The topological polar surface area (TPSA) is 175 Å². The zero-order valence-electron chi connectivity index (χ0n) is 53.3. The van der Waals surface area contributed by atoms with Crippen molar-refractivity contribution in [1.82, 2.24) is 5.32 Å².